The van der Waals surface area contributed by atoms with Crippen molar-refractivity contribution in [3.8, 4) is 22.3 Å². The van der Waals surface area contributed by atoms with Crippen molar-refractivity contribution in [3.05, 3.63) is 150 Å². The van der Waals surface area contributed by atoms with Crippen LogP contribution < -0.4 is 16.4 Å². The number of esters is 1. The fraction of sp³-hybridized carbons (Fsp3) is 0.209. The van der Waals surface area contributed by atoms with Gasteiger partial charge in [-0.15, -0.1) is 0 Å². The zero-order valence-electron chi connectivity index (χ0n) is 30.5. The second-order valence-corrected chi connectivity index (χ2v) is 13.2. The number of nitrogens with zero attached hydrogens (tertiary/aromatic N) is 1. The molecule has 0 fully saturated rings. The number of nitrogens with one attached hydrogen (secondary N) is 2. The summed E-state index contributed by atoms with van der Waals surface area (Å²) in [5.74, 6) is -0.805. The molecular weight excluding hydrogens is 668 g/mol. The molecule has 0 aliphatic carbocycles. The molecule has 0 saturated carbocycles. The molecule has 0 spiro atoms. The number of rotatable bonds is 10. The van der Waals surface area contributed by atoms with Gasteiger partial charge in [-0.3, -0.25) is 10.6 Å². The molecular formula is C43H44N4O6. The Morgan fingerprint density at radius 3 is 1.40 bits per heavy atom. The van der Waals surface area contributed by atoms with E-state index >= 15 is 0 Å². The zero-order chi connectivity index (χ0) is 38.0. The number of aliphatic imine (C=N–C) groups is 1. The molecule has 53 heavy (non-hydrogen) atoms. The van der Waals surface area contributed by atoms with E-state index in [0.717, 1.165) is 33.4 Å². The molecule has 10 nitrogen and oxygen atoms in total. The van der Waals surface area contributed by atoms with Crippen LogP contribution in [-0.2, 0) is 30.2 Å². The van der Waals surface area contributed by atoms with Gasteiger partial charge >= 0.3 is 18.2 Å². The van der Waals surface area contributed by atoms with E-state index in [-0.39, 0.29) is 12.6 Å². The number of amides is 2. The molecule has 0 saturated heterocycles. The van der Waals surface area contributed by atoms with Crippen LogP contribution in [0.15, 0.2) is 138 Å². The van der Waals surface area contributed by atoms with Gasteiger partial charge in [0.1, 0.15) is 17.2 Å². The average molecular weight is 713 g/mol. The molecule has 1 unspecified atom stereocenters. The predicted molar refractivity (Wildman–Crippen MR) is 206 cm³/mol. The normalized spacial score (nSPS) is 11.8. The van der Waals surface area contributed by atoms with Crippen LogP contribution in [0.2, 0.25) is 0 Å². The highest BCUT2D eigenvalue weighted by atomic mass is 16.6. The van der Waals surface area contributed by atoms with Crippen LogP contribution in [0.25, 0.3) is 22.3 Å². The second-order valence-electron chi connectivity index (χ2n) is 13.2. The van der Waals surface area contributed by atoms with Gasteiger partial charge in [0, 0.05) is 0 Å². The molecule has 0 aliphatic rings. The largest absolute Gasteiger partial charge is 0.465 e. The number of guanidine groups is 1. The van der Waals surface area contributed by atoms with Crippen LogP contribution in [0.1, 0.15) is 57.4 Å². The Balaban J connectivity index is 1.33. The van der Waals surface area contributed by atoms with E-state index in [1.54, 1.807) is 58.9 Å². The lowest BCUT2D eigenvalue weighted by molar-refractivity contribution is -0.144. The lowest BCUT2D eigenvalue weighted by atomic mass is 9.95. The zero-order valence-corrected chi connectivity index (χ0v) is 30.5. The molecule has 5 rings (SSSR count). The summed E-state index contributed by atoms with van der Waals surface area (Å²) in [5, 5.41) is 5.12. The maximum Gasteiger partial charge on any atom is 0.414 e. The smallest absolute Gasteiger partial charge is 0.414 e. The summed E-state index contributed by atoms with van der Waals surface area (Å²) in [5.41, 5.74) is 10.5. The van der Waals surface area contributed by atoms with Gasteiger partial charge in [0.25, 0.3) is 0 Å². The van der Waals surface area contributed by atoms with E-state index in [0.29, 0.717) is 11.3 Å². The molecule has 0 bridgehead atoms. The Bertz CT molecular complexity index is 1910. The summed E-state index contributed by atoms with van der Waals surface area (Å²) in [7, 11) is 0. The molecule has 4 N–H and O–H groups in total. The summed E-state index contributed by atoms with van der Waals surface area (Å²) < 4.78 is 16.7. The number of benzene rings is 5. The van der Waals surface area contributed by atoms with E-state index in [1.165, 1.54) is 0 Å². The number of carbonyl (C=O) groups excluding carboxylic acids is 3. The molecule has 5 aromatic rings. The fourth-order valence-electron chi connectivity index (χ4n) is 5.56. The molecule has 0 heterocycles. The molecule has 2 amide bonds. The highest BCUT2D eigenvalue weighted by molar-refractivity contribution is 6.02. The van der Waals surface area contributed by atoms with Crippen molar-refractivity contribution in [1.82, 2.24) is 10.6 Å². The van der Waals surface area contributed by atoms with Crippen LogP contribution in [0.5, 0.6) is 0 Å². The first-order chi connectivity index (χ1) is 25.3. The van der Waals surface area contributed by atoms with Gasteiger partial charge in [0.2, 0.25) is 5.96 Å². The van der Waals surface area contributed by atoms with Gasteiger partial charge in [-0.25, -0.2) is 19.4 Å². The van der Waals surface area contributed by atoms with Crippen LogP contribution >= 0.6 is 0 Å². The number of hydrogen-bond donors (Lipinski definition) is 3. The van der Waals surface area contributed by atoms with Crippen molar-refractivity contribution in [2.24, 2.45) is 10.7 Å². The van der Waals surface area contributed by atoms with Crippen LogP contribution in [0.3, 0.4) is 0 Å². The van der Waals surface area contributed by atoms with Crippen molar-refractivity contribution in [2.75, 3.05) is 6.61 Å². The number of alkyl carbamates (subject to hydrolysis) is 2. The molecule has 0 aromatic heterocycles. The van der Waals surface area contributed by atoms with E-state index in [9.17, 15) is 14.4 Å². The summed E-state index contributed by atoms with van der Waals surface area (Å²) in [6, 6.07) is 40.8. The Morgan fingerprint density at radius 2 is 1.00 bits per heavy atom. The van der Waals surface area contributed by atoms with E-state index in [1.807, 2.05) is 109 Å². The molecule has 5 aromatic carbocycles. The van der Waals surface area contributed by atoms with Crippen LogP contribution in [0.4, 0.5) is 15.3 Å². The van der Waals surface area contributed by atoms with E-state index in [4.69, 9.17) is 19.9 Å². The van der Waals surface area contributed by atoms with Crippen LogP contribution in [-0.4, -0.2) is 30.7 Å². The Labute approximate surface area is 310 Å². The number of nitrogens with two attached hydrogens (primary N) is 1. The summed E-state index contributed by atoms with van der Waals surface area (Å²) in [4.78, 5) is 43.3. The minimum Gasteiger partial charge on any atom is -0.465 e. The SMILES string of the molecule is CCOC(=O)C(N)c1ccc(N=C(NC(=O)OC(C)(C)c2ccc(-c3ccccc3)cc2)NC(=O)OC(C)(C)c2ccc(-c3ccccc3)cc2)cc1. The third kappa shape index (κ3) is 10.2. The highest BCUT2D eigenvalue weighted by Gasteiger charge is 2.29. The van der Waals surface area contributed by atoms with Crippen molar-refractivity contribution in [1.29, 1.82) is 0 Å². The topological polar surface area (TPSA) is 141 Å². The number of hydrogen-bond acceptors (Lipinski definition) is 8. The molecule has 1 atom stereocenters. The first-order valence-corrected chi connectivity index (χ1v) is 17.3. The Morgan fingerprint density at radius 1 is 0.604 bits per heavy atom. The minimum absolute atomic E-state index is 0.202. The van der Waals surface area contributed by atoms with Crippen molar-refractivity contribution >= 4 is 29.8 Å². The van der Waals surface area contributed by atoms with Gasteiger partial charge in [-0.2, -0.15) is 0 Å². The first-order valence-electron chi connectivity index (χ1n) is 17.3. The molecule has 272 valence electrons. The third-order valence-corrected chi connectivity index (χ3v) is 8.54. The molecule has 0 radical (unpaired) electrons. The van der Waals surface area contributed by atoms with Crippen molar-refractivity contribution in [2.45, 2.75) is 51.9 Å². The average Bonchev–Trinajstić information content (AvgIpc) is 3.15. The maximum absolute atomic E-state index is 13.4. The fourth-order valence-corrected chi connectivity index (χ4v) is 5.56. The quantitative estimate of drug-likeness (QED) is 0.0568. The van der Waals surface area contributed by atoms with Gasteiger partial charge in [0.15, 0.2) is 0 Å². The van der Waals surface area contributed by atoms with Gasteiger partial charge < -0.3 is 19.9 Å². The summed E-state index contributed by atoms with van der Waals surface area (Å²) in [6.45, 7) is 8.96. The first kappa shape index (κ1) is 38.0. The Kier molecular flexibility index (Phi) is 12.1. The molecule has 10 heteroatoms. The highest BCUT2D eigenvalue weighted by Crippen LogP contribution is 2.29. The minimum atomic E-state index is -1.05. The second kappa shape index (κ2) is 16.8. The van der Waals surface area contributed by atoms with Gasteiger partial charge in [0.05, 0.1) is 12.3 Å². The number of ether oxygens (including phenoxy) is 3. The summed E-state index contributed by atoms with van der Waals surface area (Å²) in [6.07, 6.45) is -1.73. The van der Waals surface area contributed by atoms with E-state index in [2.05, 4.69) is 15.6 Å². The van der Waals surface area contributed by atoms with Crippen molar-refractivity contribution in [3.63, 3.8) is 0 Å². The lowest BCUT2D eigenvalue weighted by Gasteiger charge is -2.27. The Hall–Kier alpha value is -6.26. The third-order valence-electron chi connectivity index (χ3n) is 8.54. The molecule has 0 aliphatic heterocycles. The van der Waals surface area contributed by atoms with E-state index < -0.39 is 35.4 Å². The maximum atomic E-state index is 13.4. The predicted octanol–water partition coefficient (Wildman–Crippen LogP) is 8.89. The van der Waals surface area contributed by atoms with Crippen LogP contribution in [0, 0.1) is 0 Å². The van der Waals surface area contributed by atoms with Gasteiger partial charge in [-0.1, -0.05) is 121 Å². The lowest BCUT2D eigenvalue weighted by Crippen LogP contribution is -2.47. The van der Waals surface area contributed by atoms with Gasteiger partial charge in [-0.05, 0) is 85.7 Å². The monoisotopic (exact) mass is 712 g/mol. The number of carbonyl (C=O) groups is 3. The van der Waals surface area contributed by atoms with Crippen molar-refractivity contribution < 1.29 is 28.6 Å². The standard InChI is InChI=1S/C43H44N4O6/c1-6-51-38(48)37(44)33-21-27-36(28-22-33)45-39(46-40(49)52-42(2,3)34-23-17-31(18-24-34)29-13-9-7-10-14-29)47-41(50)53-43(4,5)35-25-19-32(20-26-35)30-15-11-8-12-16-30/h7-28,37H,6,44H2,1-5H3,(H2,45,46,47,49,50). The summed E-state index contributed by atoms with van der Waals surface area (Å²) >= 11 is 0.